The van der Waals surface area contributed by atoms with Crippen LogP contribution in [0, 0.1) is 6.92 Å². The number of anilines is 1. The normalized spacial score (nSPS) is 18.6. The van der Waals surface area contributed by atoms with E-state index in [0.717, 1.165) is 22.0 Å². The van der Waals surface area contributed by atoms with Crippen LogP contribution in [0.4, 0.5) is 10.1 Å². The van der Waals surface area contributed by atoms with Gasteiger partial charge in [-0.15, -0.1) is 0 Å². The molecule has 4 aromatic rings. The van der Waals surface area contributed by atoms with Crippen LogP contribution in [0.1, 0.15) is 12.1 Å². The Labute approximate surface area is 188 Å². The van der Waals surface area contributed by atoms with Gasteiger partial charge in [-0.25, -0.2) is 14.4 Å². The van der Waals surface area contributed by atoms with Crippen molar-refractivity contribution >= 4 is 28.7 Å². The van der Waals surface area contributed by atoms with Crippen molar-refractivity contribution < 1.29 is 9.13 Å². The molecule has 0 radical (unpaired) electrons. The van der Waals surface area contributed by atoms with Crippen LogP contribution in [-0.2, 0) is 0 Å². The average Bonchev–Trinajstić information content (AvgIpc) is 3.21. The minimum Gasteiger partial charge on any atom is -0.471 e. The number of rotatable bonds is 6. The van der Waals surface area contributed by atoms with E-state index in [1.165, 1.54) is 11.9 Å². The van der Waals surface area contributed by atoms with E-state index in [9.17, 15) is 4.39 Å². The van der Waals surface area contributed by atoms with Gasteiger partial charge in [0.15, 0.2) is 11.5 Å². The zero-order valence-electron chi connectivity index (χ0n) is 17.4. The fourth-order valence-corrected chi connectivity index (χ4v) is 4.14. The van der Waals surface area contributed by atoms with Gasteiger partial charge in [0, 0.05) is 41.6 Å². The molecule has 3 N–H and O–H groups in total. The molecule has 0 aliphatic carbocycles. The maximum atomic E-state index is 14.4. The highest BCUT2D eigenvalue weighted by Gasteiger charge is 2.28. The molecule has 0 saturated carbocycles. The summed E-state index contributed by atoms with van der Waals surface area (Å²) in [6.07, 6.45) is 0.692. The monoisotopic (exact) mass is 451 g/mol. The third-order valence-electron chi connectivity index (χ3n) is 5.23. The molecule has 8 nitrogen and oxygen atoms in total. The van der Waals surface area contributed by atoms with Gasteiger partial charge >= 0.3 is 0 Å². The molecule has 4 heterocycles. The molecule has 5 rings (SSSR count). The first-order chi connectivity index (χ1) is 15.7. The number of hydrogen-bond acceptors (Lipinski definition) is 8. The van der Waals surface area contributed by atoms with Crippen LogP contribution in [0.2, 0.25) is 0 Å². The van der Waals surface area contributed by atoms with Gasteiger partial charge in [0.25, 0.3) is 0 Å². The molecular formula is C22H22FN7OS. The lowest BCUT2D eigenvalue weighted by Crippen LogP contribution is -2.44. The number of pyridine rings is 1. The van der Waals surface area contributed by atoms with Gasteiger partial charge in [0.1, 0.15) is 22.7 Å². The summed E-state index contributed by atoms with van der Waals surface area (Å²) in [5, 5.41) is 11.8. The van der Waals surface area contributed by atoms with E-state index in [4.69, 9.17) is 4.74 Å². The maximum Gasteiger partial charge on any atom is 0.229 e. The SMILES string of the molecule is Cc1[nH]nc2nc(-c3ccc(NSc4ccccn4)cc3)nc(OC3CCNCC3F)c12. The molecule has 1 saturated heterocycles. The first-order valence-electron chi connectivity index (χ1n) is 10.4. The predicted molar refractivity (Wildman–Crippen MR) is 122 cm³/mol. The third kappa shape index (κ3) is 4.37. The molecule has 0 spiro atoms. The van der Waals surface area contributed by atoms with E-state index in [1.807, 2.05) is 49.4 Å². The summed E-state index contributed by atoms with van der Waals surface area (Å²) in [7, 11) is 0. The van der Waals surface area contributed by atoms with Gasteiger partial charge < -0.3 is 14.8 Å². The number of H-pyrrole nitrogens is 1. The van der Waals surface area contributed by atoms with Crippen molar-refractivity contribution in [3.05, 3.63) is 54.4 Å². The van der Waals surface area contributed by atoms with E-state index in [0.29, 0.717) is 35.7 Å². The zero-order chi connectivity index (χ0) is 21.9. The summed E-state index contributed by atoms with van der Waals surface area (Å²) in [4.78, 5) is 13.5. The molecule has 2 unspecified atom stereocenters. The second kappa shape index (κ2) is 9.09. The van der Waals surface area contributed by atoms with Crippen molar-refractivity contribution in [1.82, 2.24) is 30.5 Å². The number of aromatic nitrogens is 5. The van der Waals surface area contributed by atoms with Crippen LogP contribution in [0.15, 0.2) is 53.7 Å². The number of fused-ring (bicyclic) bond motifs is 1. The summed E-state index contributed by atoms with van der Waals surface area (Å²) in [6.45, 7) is 2.86. The van der Waals surface area contributed by atoms with Crippen molar-refractivity contribution in [1.29, 1.82) is 0 Å². The quantitative estimate of drug-likeness (QED) is 0.379. The second-order valence-electron chi connectivity index (χ2n) is 7.51. The second-order valence-corrected chi connectivity index (χ2v) is 8.34. The van der Waals surface area contributed by atoms with Crippen LogP contribution in [0.5, 0.6) is 5.88 Å². The Morgan fingerprint density at radius 2 is 2.03 bits per heavy atom. The lowest BCUT2D eigenvalue weighted by atomic mass is 10.1. The van der Waals surface area contributed by atoms with Crippen molar-refractivity contribution in [2.24, 2.45) is 0 Å². The van der Waals surface area contributed by atoms with E-state index in [1.54, 1.807) is 6.20 Å². The highest BCUT2D eigenvalue weighted by Crippen LogP contribution is 2.30. The van der Waals surface area contributed by atoms with Gasteiger partial charge in [-0.05, 0) is 56.3 Å². The molecule has 32 heavy (non-hydrogen) atoms. The third-order valence-corrected chi connectivity index (χ3v) is 6.02. The lowest BCUT2D eigenvalue weighted by Gasteiger charge is -2.27. The van der Waals surface area contributed by atoms with E-state index < -0.39 is 12.3 Å². The average molecular weight is 452 g/mol. The number of nitrogens with one attached hydrogen (secondary N) is 3. The first kappa shape index (κ1) is 20.7. The number of nitrogens with zero attached hydrogens (tertiary/aromatic N) is 4. The molecule has 0 bridgehead atoms. The van der Waals surface area contributed by atoms with Crippen LogP contribution in [-0.4, -0.2) is 50.5 Å². The Morgan fingerprint density at radius 1 is 1.16 bits per heavy atom. The molecule has 3 aromatic heterocycles. The maximum absolute atomic E-state index is 14.4. The fraction of sp³-hybridized carbons (Fsp3) is 0.273. The molecule has 1 aliphatic rings. The topological polar surface area (TPSA) is 101 Å². The van der Waals surface area contributed by atoms with Gasteiger partial charge in [0.2, 0.25) is 5.88 Å². The summed E-state index contributed by atoms with van der Waals surface area (Å²) in [5.41, 5.74) is 3.03. The van der Waals surface area contributed by atoms with E-state index in [-0.39, 0.29) is 6.54 Å². The molecule has 10 heteroatoms. The Morgan fingerprint density at radius 3 is 2.81 bits per heavy atom. The molecule has 1 aliphatic heterocycles. The molecule has 164 valence electrons. The van der Waals surface area contributed by atoms with Crippen LogP contribution in [0.25, 0.3) is 22.4 Å². The predicted octanol–water partition coefficient (Wildman–Crippen LogP) is 3.92. The molecule has 0 amide bonds. The number of benzene rings is 1. The Bertz CT molecular complexity index is 1200. The summed E-state index contributed by atoms with van der Waals surface area (Å²) < 4.78 is 23.7. The van der Waals surface area contributed by atoms with Crippen molar-refractivity contribution in [3.8, 4) is 17.3 Å². The molecular weight excluding hydrogens is 429 g/mol. The number of piperidine rings is 1. The molecule has 2 atom stereocenters. The van der Waals surface area contributed by atoms with Crippen LogP contribution < -0.4 is 14.8 Å². The van der Waals surface area contributed by atoms with Crippen molar-refractivity contribution in [2.75, 3.05) is 17.8 Å². The number of alkyl halides is 1. The number of halogens is 1. The standard InChI is InChI=1S/C22H22FN7OS/c1-13-19-21(29-28-13)26-20(27-22(19)31-17-9-11-24-12-16(17)23)14-5-7-15(8-6-14)30-32-18-4-2-3-10-25-18/h2-8,10,16-17,24,30H,9,11-12H2,1H3,(H,26,27,28,29). The number of hydrogen-bond donors (Lipinski definition) is 3. The lowest BCUT2D eigenvalue weighted by molar-refractivity contribution is 0.0707. The Kier molecular flexibility index (Phi) is 5.87. The van der Waals surface area contributed by atoms with Crippen LogP contribution >= 0.6 is 11.9 Å². The highest BCUT2D eigenvalue weighted by atomic mass is 32.2. The van der Waals surface area contributed by atoms with E-state index in [2.05, 4.69) is 35.2 Å². The van der Waals surface area contributed by atoms with Crippen molar-refractivity contribution in [2.45, 2.75) is 30.6 Å². The number of aromatic amines is 1. The van der Waals surface area contributed by atoms with Crippen LogP contribution in [0.3, 0.4) is 0 Å². The smallest absolute Gasteiger partial charge is 0.229 e. The summed E-state index contributed by atoms with van der Waals surface area (Å²) >= 11 is 1.43. The largest absolute Gasteiger partial charge is 0.471 e. The van der Waals surface area contributed by atoms with Crippen molar-refractivity contribution in [3.63, 3.8) is 0 Å². The minimum absolute atomic E-state index is 0.279. The first-order valence-corrected chi connectivity index (χ1v) is 11.2. The van der Waals surface area contributed by atoms with E-state index >= 15 is 0 Å². The highest BCUT2D eigenvalue weighted by molar-refractivity contribution is 8.00. The fourth-order valence-electron chi connectivity index (χ4n) is 3.52. The number of aryl methyl sites for hydroxylation is 1. The Hall–Kier alpha value is -3.24. The van der Waals surface area contributed by atoms with Gasteiger partial charge in [0.05, 0.1) is 0 Å². The molecule has 1 aromatic carbocycles. The molecule has 1 fully saturated rings. The summed E-state index contributed by atoms with van der Waals surface area (Å²) in [6, 6.07) is 13.5. The van der Waals surface area contributed by atoms with Gasteiger partial charge in [-0.1, -0.05) is 6.07 Å². The minimum atomic E-state index is -1.09. The Balaban J connectivity index is 1.40. The van der Waals surface area contributed by atoms with Gasteiger partial charge in [-0.2, -0.15) is 10.1 Å². The zero-order valence-corrected chi connectivity index (χ0v) is 18.2. The number of ether oxygens (including phenoxy) is 1. The summed E-state index contributed by atoms with van der Waals surface area (Å²) in [5.74, 6) is 0.839. The van der Waals surface area contributed by atoms with Gasteiger partial charge in [-0.3, -0.25) is 5.10 Å².